The highest BCUT2D eigenvalue weighted by Crippen LogP contribution is 2.54. The van der Waals surface area contributed by atoms with Gasteiger partial charge >= 0.3 is 0 Å². The van der Waals surface area contributed by atoms with Gasteiger partial charge in [-0.1, -0.05) is 59.1 Å². The molecule has 2 aliphatic rings. The summed E-state index contributed by atoms with van der Waals surface area (Å²) >= 11 is 19.2. The number of hydrogen-bond donors (Lipinski definition) is 1. The second kappa shape index (κ2) is 6.18. The maximum atomic E-state index is 6.50. The van der Waals surface area contributed by atoms with Gasteiger partial charge in [0.1, 0.15) is 5.75 Å². The molecule has 0 amide bonds. The predicted octanol–water partition coefficient (Wildman–Crippen LogP) is 6.48. The Morgan fingerprint density at radius 1 is 1.08 bits per heavy atom. The maximum absolute atomic E-state index is 6.50. The van der Waals surface area contributed by atoms with Crippen molar-refractivity contribution in [3.05, 3.63) is 68.7 Å². The minimum absolute atomic E-state index is 0.165. The minimum atomic E-state index is 0.165. The first-order chi connectivity index (χ1) is 11.6. The van der Waals surface area contributed by atoms with Gasteiger partial charge in [0.05, 0.1) is 33.9 Å². The minimum Gasteiger partial charge on any atom is -0.497 e. The molecule has 3 atom stereocenters. The SMILES string of the molecule is COc1ccc([C@@H]2Nc3c(Cl)cc(Cl)c(Cl)c3[C@@H]3C=CC[C@@H]32)cc1. The van der Waals surface area contributed by atoms with Crippen LogP contribution in [0.1, 0.15) is 29.5 Å². The number of benzene rings is 2. The van der Waals surface area contributed by atoms with Crippen LogP contribution in [-0.2, 0) is 0 Å². The molecule has 2 aromatic carbocycles. The first kappa shape index (κ1) is 16.1. The Bertz CT molecular complexity index is 816. The standard InChI is InChI=1S/C19H16Cl3NO/c1-24-11-7-5-10(6-8-11)18-13-4-2-3-12(13)16-17(22)14(20)9-15(21)19(16)23-18/h2-3,5-9,12-13,18,23H,4H2,1H3/t12-,13+,18+/m1/s1. The van der Waals surface area contributed by atoms with Crippen LogP contribution >= 0.6 is 34.8 Å². The molecule has 5 heteroatoms. The van der Waals surface area contributed by atoms with Crippen LogP contribution in [0.25, 0.3) is 0 Å². The Balaban J connectivity index is 1.81. The number of methoxy groups -OCH3 is 1. The molecule has 2 aromatic rings. The van der Waals surface area contributed by atoms with E-state index >= 15 is 0 Å². The lowest BCUT2D eigenvalue weighted by Gasteiger charge is -2.38. The van der Waals surface area contributed by atoms with E-state index in [0.29, 0.717) is 21.0 Å². The highest BCUT2D eigenvalue weighted by Gasteiger charge is 2.40. The molecule has 4 rings (SSSR count). The number of hydrogen-bond acceptors (Lipinski definition) is 2. The van der Waals surface area contributed by atoms with E-state index in [1.54, 1.807) is 13.2 Å². The lowest BCUT2D eigenvalue weighted by atomic mass is 9.77. The van der Waals surface area contributed by atoms with E-state index in [1.807, 2.05) is 12.1 Å². The van der Waals surface area contributed by atoms with E-state index in [9.17, 15) is 0 Å². The summed E-state index contributed by atoms with van der Waals surface area (Å²) in [6, 6.07) is 10.0. The van der Waals surface area contributed by atoms with Crippen molar-refractivity contribution in [3.8, 4) is 5.75 Å². The zero-order valence-electron chi connectivity index (χ0n) is 13.0. The molecule has 1 aliphatic carbocycles. The van der Waals surface area contributed by atoms with Crippen LogP contribution < -0.4 is 10.1 Å². The summed E-state index contributed by atoms with van der Waals surface area (Å²) in [5, 5.41) is 5.31. The molecule has 0 fully saturated rings. The van der Waals surface area contributed by atoms with E-state index in [2.05, 4.69) is 29.6 Å². The van der Waals surface area contributed by atoms with Crippen LogP contribution in [0.3, 0.4) is 0 Å². The number of allylic oxidation sites excluding steroid dienone is 2. The molecular formula is C19H16Cl3NO. The summed E-state index contributed by atoms with van der Waals surface area (Å²) in [6.07, 6.45) is 5.43. The largest absolute Gasteiger partial charge is 0.497 e. The second-order valence-electron chi connectivity index (χ2n) is 6.19. The van der Waals surface area contributed by atoms with Gasteiger partial charge in [-0.2, -0.15) is 0 Å². The number of halogens is 3. The number of anilines is 1. The van der Waals surface area contributed by atoms with E-state index in [0.717, 1.165) is 23.4 Å². The van der Waals surface area contributed by atoms with Gasteiger partial charge in [0.2, 0.25) is 0 Å². The number of fused-ring (bicyclic) bond motifs is 3. The van der Waals surface area contributed by atoms with Gasteiger partial charge in [-0.05, 0) is 36.1 Å². The van der Waals surface area contributed by atoms with Crippen LogP contribution in [-0.4, -0.2) is 7.11 Å². The van der Waals surface area contributed by atoms with Crippen molar-refractivity contribution in [2.24, 2.45) is 5.92 Å². The molecule has 2 nitrogen and oxygen atoms in total. The van der Waals surface area contributed by atoms with Crippen LogP contribution in [0.4, 0.5) is 5.69 Å². The first-order valence-corrected chi connectivity index (χ1v) is 8.98. The average molecular weight is 381 g/mol. The highest BCUT2D eigenvalue weighted by molar-refractivity contribution is 6.44. The van der Waals surface area contributed by atoms with Crippen LogP contribution in [0, 0.1) is 5.92 Å². The monoisotopic (exact) mass is 379 g/mol. The van der Waals surface area contributed by atoms with E-state index in [1.165, 1.54) is 5.56 Å². The smallest absolute Gasteiger partial charge is 0.118 e. The van der Waals surface area contributed by atoms with E-state index < -0.39 is 0 Å². The topological polar surface area (TPSA) is 21.3 Å². The summed E-state index contributed by atoms with van der Waals surface area (Å²) in [5.74, 6) is 1.46. The van der Waals surface area contributed by atoms with Crippen LogP contribution in [0.2, 0.25) is 15.1 Å². The highest BCUT2D eigenvalue weighted by atomic mass is 35.5. The number of ether oxygens (including phenoxy) is 1. The van der Waals surface area contributed by atoms with Gasteiger partial charge in [0.25, 0.3) is 0 Å². The molecule has 0 radical (unpaired) electrons. The molecule has 0 bridgehead atoms. The first-order valence-electron chi connectivity index (χ1n) is 7.84. The quantitative estimate of drug-likeness (QED) is 0.475. The van der Waals surface area contributed by atoms with Crippen molar-refractivity contribution in [3.63, 3.8) is 0 Å². The van der Waals surface area contributed by atoms with Gasteiger partial charge in [-0.25, -0.2) is 0 Å². The Morgan fingerprint density at radius 3 is 2.54 bits per heavy atom. The Labute approximate surface area is 156 Å². The van der Waals surface area contributed by atoms with Crippen LogP contribution in [0.15, 0.2) is 42.5 Å². The molecule has 24 heavy (non-hydrogen) atoms. The zero-order chi connectivity index (χ0) is 16.8. The normalized spacial score (nSPS) is 24.2. The number of rotatable bonds is 2. The molecule has 1 N–H and O–H groups in total. The van der Waals surface area contributed by atoms with E-state index in [-0.39, 0.29) is 12.0 Å². The van der Waals surface area contributed by atoms with Crippen molar-refractivity contribution in [1.29, 1.82) is 0 Å². The third kappa shape index (κ3) is 2.48. The fourth-order valence-corrected chi connectivity index (χ4v) is 4.61. The van der Waals surface area contributed by atoms with Gasteiger partial charge in [-0.15, -0.1) is 0 Å². The molecule has 1 heterocycles. The molecule has 0 aromatic heterocycles. The van der Waals surface area contributed by atoms with Gasteiger partial charge in [0.15, 0.2) is 0 Å². The van der Waals surface area contributed by atoms with Crippen LogP contribution in [0.5, 0.6) is 5.75 Å². The average Bonchev–Trinajstić information content (AvgIpc) is 3.08. The lowest BCUT2D eigenvalue weighted by molar-refractivity contribution is 0.411. The Hall–Kier alpha value is -1.35. The second-order valence-corrected chi connectivity index (χ2v) is 7.38. The van der Waals surface area contributed by atoms with Crippen molar-refractivity contribution in [2.75, 3.05) is 12.4 Å². The maximum Gasteiger partial charge on any atom is 0.118 e. The summed E-state index contributed by atoms with van der Waals surface area (Å²) in [6.45, 7) is 0. The molecule has 1 aliphatic heterocycles. The zero-order valence-corrected chi connectivity index (χ0v) is 15.3. The Morgan fingerprint density at radius 2 is 1.83 bits per heavy atom. The fraction of sp³-hybridized carbons (Fsp3) is 0.263. The van der Waals surface area contributed by atoms with Crippen molar-refractivity contribution in [1.82, 2.24) is 0 Å². The summed E-state index contributed by atoms with van der Waals surface area (Å²) < 4.78 is 5.26. The predicted molar refractivity (Wildman–Crippen MR) is 101 cm³/mol. The summed E-state index contributed by atoms with van der Waals surface area (Å²) in [7, 11) is 1.67. The molecule has 0 saturated carbocycles. The number of nitrogens with one attached hydrogen (secondary N) is 1. The summed E-state index contributed by atoms with van der Waals surface area (Å²) in [4.78, 5) is 0. The lowest BCUT2D eigenvalue weighted by Crippen LogP contribution is -2.29. The molecule has 0 unspecified atom stereocenters. The molecule has 0 spiro atoms. The molecule has 0 saturated heterocycles. The third-order valence-electron chi connectivity index (χ3n) is 4.96. The molecular weight excluding hydrogens is 365 g/mol. The third-order valence-corrected chi connectivity index (χ3v) is 6.06. The van der Waals surface area contributed by atoms with Crippen molar-refractivity contribution < 1.29 is 4.74 Å². The van der Waals surface area contributed by atoms with Crippen molar-refractivity contribution in [2.45, 2.75) is 18.4 Å². The summed E-state index contributed by atoms with van der Waals surface area (Å²) in [5.41, 5.74) is 3.11. The van der Waals surface area contributed by atoms with Gasteiger partial charge < -0.3 is 10.1 Å². The Kier molecular flexibility index (Phi) is 4.16. The van der Waals surface area contributed by atoms with Gasteiger partial charge in [-0.3, -0.25) is 0 Å². The molecule has 124 valence electrons. The van der Waals surface area contributed by atoms with Gasteiger partial charge in [0, 0.05) is 11.5 Å². The van der Waals surface area contributed by atoms with Crippen molar-refractivity contribution >= 4 is 40.5 Å². The fourth-order valence-electron chi connectivity index (χ4n) is 3.80. The van der Waals surface area contributed by atoms with E-state index in [4.69, 9.17) is 39.5 Å².